The summed E-state index contributed by atoms with van der Waals surface area (Å²) >= 11 is 0. The summed E-state index contributed by atoms with van der Waals surface area (Å²) in [5.41, 5.74) is 4.10. The Balaban J connectivity index is 1.66. The molecule has 4 rings (SSSR count). The fourth-order valence-corrected chi connectivity index (χ4v) is 4.15. The van der Waals surface area contributed by atoms with Crippen LogP contribution in [0.5, 0.6) is 0 Å². The average Bonchev–Trinajstić information content (AvgIpc) is 3.12. The third kappa shape index (κ3) is 2.15. The first-order valence-electron chi connectivity index (χ1n) is 8.12. The molecule has 1 aromatic carbocycles. The van der Waals surface area contributed by atoms with E-state index < -0.39 is 0 Å². The van der Waals surface area contributed by atoms with Crippen molar-refractivity contribution in [1.29, 1.82) is 5.26 Å². The van der Waals surface area contributed by atoms with Crippen LogP contribution in [0.4, 0.5) is 0 Å². The predicted molar refractivity (Wildman–Crippen MR) is 83.9 cm³/mol. The summed E-state index contributed by atoms with van der Waals surface area (Å²) in [7, 11) is 0. The Morgan fingerprint density at radius 2 is 2.05 bits per heavy atom. The zero-order valence-electron chi connectivity index (χ0n) is 12.2. The number of fused-ring (bicyclic) bond motifs is 3. The van der Waals surface area contributed by atoms with Crippen LogP contribution in [0.2, 0.25) is 0 Å². The van der Waals surface area contributed by atoms with Gasteiger partial charge in [0.1, 0.15) is 0 Å². The Hall–Kier alpha value is -1.79. The lowest BCUT2D eigenvalue weighted by atomic mass is 9.90. The molecule has 3 nitrogen and oxygen atoms in total. The molecule has 2 aliphatic rings. The lowest BCUT2D eigenvalue weighted by Crippen LogP contribution is -2.36. The number of hydrogen-bond donors (Lipinski definition) is 2. The summed E-state index contributed by atoms with van der Waals surface area (Å²) < 4.78 is 0. The van der Waals surface area contributed by atoms with Crippen LogP contribution < -0.4 is 5.32 Å². The monoisotopic (exact) mass is 279 g/mol. The molecule has 1 aromatic heterocycles. The number of aryl methyl sites for hydroxylation is 1. The van der Waals surface area contributed by atoms with Crippen molar-refractivity contribution in [3.63, 3.8) is 0 Å². The van der Waals surface area contributed by atoms with Gasteiger partial charge in [0.2, 0.25) is 0 Å². The molecule has 0 bridgehead atoms. The van der Waals surface area contributed by atoms with Crippen LogP contribution in [-0.4, -0.2) is 11.0 Å². The first-order valence-corrected chi connectivity index (χ1v) is 8.12. The maximum atomic E-state index is 9.28. The number of aromatic amines is 1. The molecule has 21 heavy (non-hydrogen) atoms. The third-order valence-electron chi connectivity index (χ3n) is 5.21. The molecular weight excluding hydrogens is 258 g/mol. The van der Waals surface area contributed by atoms with E-state index in [4.69, 9.17) is 0 Å². The smallest absolute Gasteiger partial charge is 0.0672 e. The molecule has 3 atom stereocenters. The van der Waals surface area contributed by atoms with Crippen LogP contribution in [0.1, 0.15) is 49.4 Å². The highest BCUT2D eigenvalue weighted by molar-refractivity contribution is 5.85. The molecule has 0 radical (unpaired) electrons. The van der Waals surface area contributed by atoms with Crippen molar-refractivity contribution in [3.8, 4) is 6.07 Å². The maximum absolute atomic E-state index is 9.28. The second-order valence-corrected chi connectivity index (χ2v) is 6.45. The highest BCUT2D eigenvalue weighted by Crippen LogP contribution is 2.36. The number of H-pyrrole nitrogens is 1. The van der Waals surface area contributed by atoms with E-state index in [1.165, 1.54) is 47.8 Å². The molecule has 2 aliphatic carbocycles. The Labute approximate surface area is 125 Å². The second kappa shape index (κ2) is 5.20. The summed E-state index contributed by atoms with van der Waals surface area (Å²) in [4.78, 5) is 3.63. The number of nitrogens with one attached hydrogen (secondary N) is 2. The van der Waals surface area contributed by atoms with Crippen LogP contribution >= 0.6 is 0 Å². The Morgan fingerprint density at radius 1 is 1.14 bits per heavy atom. The second-order valence-electron chi connectivity index (χ2n) is 6.45. The van der Waals surface area contributed by atoms with Gasteiger partial charge >= 0.3 is 0 Å². The van der Waals surface area contributed by atoms with Gasteiger partial charge in [-0.1, -0.05) is 24.6 Å². The molecule has 2 N–H and O–H groups in total. The number of nitrogens with zero attached hydrogens (tertiary/aromatic N) is 1. The van der Waals surface area contributed by atoms with Crippen molar-refractivity contribution in [2.24, 2.45) is 5.92 Å². The Bertz CT molecular complexity index is 694. The minimum absolute atomic E-state index is 0.194. The summed E-state index contributed by atoms with van der Waals surface area (Å²) in [6.07, 6.45) is 6.96. The molecule has 3 heteroatoms. The van der Waals surface area contributed by atoms with Gasteiger partial charge < -0.3 is 10.3 Å². The van der Waals surface area contributed by atoms with E-state index in [1.54, 1.807) is 0 Å². The first-order chi connectivity index (χ1) is 10.4. The van der Waals surface area contributed by atoms with Crippen molar-refractivity contribution in [3.05, 3.63) is 35.5 Å². The summed E-state index contributed by atoms with van der Waals surface area (Å²) in [5, 5.41) is 14.4. The Kier molecular flexibility index (Phi) is 3.20. The summed E-state index contributed by atoms with van der Waals surface area (Å²) in [6, 6.07) is 11.8. The van der Waals surface area contributed by atoms with E-state index in [1.807, 2.05) is 0 Å². The van der Waals surface area contributed by atoms with Crippen molar-refractivity contribution in [1.82, 2.24) is 10.3 Å². The van der Waals surface area contributed by atoms with E-state index in [2.05, 4.69) is 40.6 Å². The third-order valence-corrected chi connectivity index (χ3v) is 5.21. The summed E-state index contributed by atoms with van der Waals surface area (Å²) in [5.74, 6) is 0.194. The standard InChI is InChI=1S/C18H21N3/c19-11-12-5-3-9-15(12)20-17-10-4-7-14-13-6-1-2-8-16(13)21-18(14)17/h1-2,6,8,12,15,17,20-21H,3-5,7,9-10H2. The van der Waals surface area contributed by atoms with E-state index in [0.717, 1.165) is 12.8 Å². The minimum atomic E-state index is 0.194. The normalized spacial score (nSPS) is 28.4. The van der Waals surface area contributed by atoms with Gasteiger partial charge in [0.25, 0.3) is 0 Å². The summed E-state index contributed by atoms with van der Waals surface area (Å²) in [6.45, 7) is 0. The zero-order valence-corrected chi connectivity index (χ0v) is 12.2. The number of nitriles is 1. The number of benzene rings is 1. The number of hydrogen-bond acceptors (Lipinski definition) is 2. The van der Waals surface area contributed by atoms with E-state index in [9.17, 15) is 5.26 Å². The molecule has 0 saturated heterocycles. The van der Waals surface area contributed by atoms with Crippen LogP contribution in [0.15, 0.2) is 24.3 Å². The molecule has 3 unspecified atom stereocenters. The Morgan fingerprint density at radius 3 is 2.95 bits per heavy atom. The van der Waals surface area contributed by atoms with Gasteiger partial charge in [0.15, 0.2) is 0 Å². The fourth-order valence-electron chi connectivity index (χ4n) is 4.15. The molecule has 1 saturated carbocycles. The quantitative estimate of drug-likeness (QED) is 0.878. The number of aromatic nitrogens is 1. The van der Waals surface area contributed by atoms with Gasteiger partial charge in [-0.15, -0.1) is 0 Å². The van der Waals surface area contributed by atoms with Gasteiger partial charge in [0, 0.05) is 28.7 Å². The van der Waals surface area contributed by atoms with Crippen molar-refractivity contribution < 1.29 is 0 Å². The highest BCUT2D eigenvalue weighted by atomic mass is 15.0. The molecule has 0 spiro atoms. The molecule has 2 aromatic rings. The van der Waals surface area contributed by atoms with Crippen molar-refractivity contribution in [2.45, 2.75) is 50.6 Å². The SMILES string of the molecule is N#CC1CCCC1NC1CCCc2c1[nH]c1ccccc21. The van der Waals surface area contributed by atoms with Crippen LogP contribution in [-0.2, 0) is 6.42 Å². The van der Waals surface area contributed by atoms with Gasteiger partial charge in [-0.25, -0.2) is 0 Å². The predicted octanol–water partition coefficient (Wildman–Crippen LogP) is 3.83. The molecule has 0 aliphatic heterocycles. The minimum Gasteiger partial charge on any atom is -0.357 e. The molecule has 108 valence electrons. The topological polar surface area (TPSA) is 51.6 Å². The van der Waals surface area contributed by atoms with E-state index in [0.29, 0.717) is 12.1 Å². The number of para-hydroxylation sites is 1. The first kappa shape index (κ1) is 12.9. The van der Waals surface area contributed by atoms with Gasteiger partial charge in [-0.05, 0) is 43.7 Å². The highest BCUT2D eigenvalue weighted by Gasteiger charge is 2.32. The van der Waals surface area contributed by atoms with Crippen molar-refractivity contribution in [2.75, 3.05) is 0 Å². The van der Waals surface area contributed by atoms with Crippen LogP contribution in [0.25, 0.3) is 10.9 Å². The van der Waals surface area contributed by atoms with Crippen LogP contribution in [0.3, 0.4) is 0 Å². The molecular formula is C18H21N3. The van der Waals surface area contributed by atoms with E-state index in [-0.39, 0.29) is 5.92 Å². The largest absolute Gasteiger partial charge is 0.357 e. The fraction of sp³-hybridized carbons (Fsp3) is 0.500. The number of rotatable bonds is 2. The van der Waals surface area contributed by atoms with Gasteiger partial charge in [-0.3, -0.25) is 0 Å². The van der Waals surface area contributed by atoms with Crippen molar-refractivity contribution >= 4 is 10.9 Å². The molecule has 1 fully saturated rings. The van der Waals surface area contributed by atoms with E-state index >= 15 is 0 Å². The zero-order chi connectivity index (χ0) is 14.2. The van der Waals surface area contributed by atoms with Gasteiger partial charge in [-0.2, -0.15) is 5.26 Å². The molecule has 1 heterocycles. The average molecular weight is 279 g/mol. The van der Waals surface area contributed by atoms with Gasteiger partial charge in [0.05, 0.1) is 12.0 Å². The molecule has 0 amide bonds. The maximum Gasteiger partial charge on any atom is 0.0672 e. The lowest BCUT2D eigenvalue weighted by Gasteiger charge is -2.28. The van der Waals surface area contributed by atoms with Crippen LogP contribution in [0, 0.1) is 17.2 Å². The lowest BCUT2D eigenvalue weighted by molar-refractivity contribution is 0.365.